The zero-order chi connectivity index (χ0) is 3.58. The molecule has 2 N–H and O–H groups in total. The Morgan fingerprint density at radius 2 is 1.80 bits per heavy atom. The van der Waals surface area contributed by atoms with Crippen LogP contribution in [0.3, 0.4) is 0 Å². The van der Waals surface area contributed by atoms with Crippen LogP contribution in [0.25, 0.3) is 0 Å². The van der Waals surface area contributed by atoms with Crippen molar-refractivity contribution in [3.05, 3.63) is 0 Å². The SMILES string of the molecule is NC([O-])=S.[GeH3+]. The van der Waals surface area contributed by atoms with Crippen LogP contribution < -0.4 is 10.8 Å². The van der Waals surface area contributed by atoms with Gasteiger partial charge in [-0.2, -0.15) is 0 Å². The van der Waals surface area contributed by atoms with E-state index >= 15 is 0 Å². The second-order valence-electron chi connectivity index (χ2n) is 0.319. The summed E-state index contributed by atoms with van der Waals surface area (Å²) < 4.78 is 0. The Morgan fingerprint density at radius 3 is 1.80 bits per heavy atom. The predicted molar refractivity (Wildman–Crippen MR) is 26.7 cm³/mol. The molecule has 0 aliphatic heterocycles. The Hall–Kier alpha value is 0.233. The Balaban J connectivity index is 0. The molecule has 0 saturated heterocycles. The first-order chi connectivity index (χ1) is 1.73. The molecule has 0 aliphatic rings. The van der Waals surface area contributed by atoms with Crippen molar-refractivity contribution in [1.82, 2.24) is 0 Å². The summed E-state index contributed by atoms with van der Waals surface area (Å²) in [6, 6.07) is 0. The number of hydrogen-bond donors (Lipinski definition) is 1. The van der Waals surface area contributed by atoms with Gasteiger partial charge in [0.1, 0.15) is 0 Å². The molecule has 0 bridgehead atoms. The van der Waals surface area contributed by atoms with Crippen LogP contribution in [-0.2, 0) is 0 Å². The Labute approximate surface area is 46.3 Å². The van der Waals surface area contributed by atoms with Crippen LogP contribution in [0.2, 0.25) is 0 Å². The molecule has 0 radical (unpaired) electrons. The first kappa shape index (κ1) is 8.97. The fourth-order valence-electron chi connectivity index (χ4n) is 0. The first-order valence-corrected chi connectivity index (χ1v) is 1.11. The molecule has 4 heteroatoms. The van der Waals surface area contributed by atoms with Crippen molar-refractivity contribution in [3.8, 4) is 0 Å². The molecular formula is CH5GeNOS. The summed E-state index contributed by atoms with van der Waals surface area (Å²) in [6.45, 7) is 0. The van der Waals surface area contributed by atoms with Gasteiger partial charge in [-0.25, -0.2) is 0 Å². The fraction of sp³-hybridized carbons (Fsp3) is 0. The van der Waals surface area contributed by atoms with E-state index in [1.54, 1.807) is 0 Å². The van der Waals surface area contributed by atoms with Crippen molar-refractivity contribution < 1.29 is 5.11 Å². The Morgan fingerprint density at radius 1 is 1.80 bits per heavy atom. The zero-order valence-corrected chi connectivity index (χ0v) is 7.91. The van der Waals surface area contributed by atoms with Gasteiger partial charge in [0.05, 0.1) is 0 Å². The van der Waals surface area contributed by atoms with Crippen LogP contribution in [0, 0.1) is 0 Å². The number of thiocarbonyl (C=S) groups is 1. The molecule has 0 aliphatic carbocycles. The second kappa shape index (κ2) is 4.23. The molecule has 5 heavy (non-hydrogen) atoms. The normalized spacial score (nSPS) is 4.80. The van der Waals surface area contributed by atoms with Gasteiger partial charge in [-0.15, -0.1) is 0 Å². The number of rotatable bonds is 0. The summed E-state index contributed by atoms with van der Waals surface area (Å²) in [5.74, 6) is 0. The predicted octanol–water partition coefficient (Wildman–Crippen LogP) is -2.59. The van der Waals surface area contributed by atoms with Gasteiger partial charge in [-0.3, -0.25) is 0 Å². The molecule has 0 aromatic heterocycles. The molecular weight excluding hydrogens is 147 g/mol. The van der Waals surface area contributed by atoms with E-state index in [0.29, 0.717) is 0 Å². The van der Waals surface area contributed by atoms with Gasteiger partial charge in [0.25, 0.3) is 0 Å². The summed E-state index contributed by atoms with van der Waals surface area (Å²) >= 11 is 3.76. The molecule has 0 heterocycles. The quantitative estimate of drug-likeness (QED) is 0.306. The molecule has 0 aromatic rings. The van der Waals surface area contributed by atoms with Gasteiger partial charge in [-0.1, -0.05) is 12.2 Å². The van der Waals surface area contributed by atoms with Gasteiger partial charge in [0.2, 0.25) is 0 Å². The van der Waals surface area contributed by atoms with Crippen LogP contribution in [-0.4, -0.2) is 22.8 Å². The third-order valence-corrected chi connectivity index (χ3v) is 0. The minimum absolute atomic E-state index is 0. The van der Waals surface area contributed by atoms with E-state index in [0.717, 1.165) is 0 Å². The molecule has 0 atom stereocenters. The average Bonchev–Trinajstić information content (AvgIpc) is 0.811. The van der Waals surface area contributed by atoms with E-state index in [9.17, 15) is 0 Å². The van der Waals surface area contributed by atoms with Gasteiger partial charge in [0.15, 0.2) is 0 Å². The minimum atomic E-state index is -0.750. The van der Waals surface area contributed by atoms with Crippen LogP contribution >= 0.6 is 12.2 Å². The van der Waals surface area contributed by atoms with E-state index in [2.05, 4.69) is 18.0 Å². The van der Waals surface area contributed by atoms with Gasteiger partial charge in [0, 0.05) is 5.17 Å². The molecule has 0 aromatic carbocycles. The van der Waals surface area contributed by atoms with Gasteiger partial charge < -0.3 is 10.8 Å². The zero-order valence-electron chi connectivity index (χ0n) is 2.89. The molecule has 0 saturated carbocycles. The molecule has 0 fully saturated rings. The summed E-state index contributed by atoms with van der Waals surface area (Å²) in [6.07, 6.45) is 0. The van der Waals surface area contributed by atoms with Crippen molar-refractivity contribution in [2.75, 3.05) is 0 Å². The summed E-state index contributed by atoms with van der Waals surface area (Å²) in [5, 5.41) is 8.29. The molecule has 30 valence electrons. The Kier molecular flexibility index (Phi) is 7.59. The van der Waals surface area contributed by atoms with Crippen molar-refractivity contribution >= 4 is 35.0 Å². The fourth-order valence-corrected chi connectivity index (χ4v) is 0. The van der Waals surface area contributed by atoms with Gasteiger partial charge in [-0.05, 0) is 0 Å². The number of nitrogens with two attached hydrogens (primary N) is 1. The van der Waals surface area contributed by atoms with E-state index in [-0.39, 0.29) is 17.6 Å². The van der Waals surface area contributed by atoms with Crippen LogP contribution in [0.1, 0.15) is 0 Å². The third-order valence-electron chi connectivity index (χ3n) is 0. The molecule has 0 unspecified atom stereocenters. The van der Waals surface area contributed by atoms with E-state index < -0.39 is 5.17 Å². The van der Waals surface area contributed by atoms with Crippen molar-refractivity contribution in [2.24, 2.45) is 5.73 Å². The molecule has 0 spiro atoms. The van der Waals surface area contributed by atoms with E-state index in [4.69, 9.17) is 5.11 Å². The van der Waals surface area contributed by atoms with Crippen molar-refractivity contribution in [1.29, 1.82) is 0 Å². The van der Waals surface area contributed by atoms with Gasteiger partial charge >= 0.3 is 17.6 Å². The number of hydrogen-bond acceptors (Lipinski definition) is 2. The van der Waals surface area contributed by atoms with Crippen molar-refractivity contribution in [2.45, 2.75) is 0 Å². The summed E-state index contributed by atoms with van der Waals surface area (Å²) in [5.41, 5.74) is 4.29. The van der Waals surface area contributed by atoms with Crippen LogP contribution in [0.5, 0.6) is 0 Å². The van der Waals surface area contributed by atoms with Crippen LogP contribution in [0.4, 0.5) is 0 Å². The monoisotopic (exact) mass is 153 g/mol. The maximum absolute atomic E-state index is 9.04. The molecule has 0 amide bonds. The summed E-state index contributed by atoms with van der Waals surface area (Å²) in [4.78, 5) is 0. The average molecular weight is 152 g/mol. The standard InChI is InChI=1S/CH3NOS.GeH3/c2-1(3)4;/h(H3,2,3,4);1H3/q;+1/p-1. The van der Waals surface area contributed by atoms with Crippen LogP contribution in [0.15, 0.2) is 0 Å². The molecule has 0 rings (SSSR count). The van der Waals surface area contributed by atoms with E-state index in [1.165, 1.54) is 0 Å². The maximum atomic E-state index is 9.04. The summed E-state index contributed by atoms with van der Waals surface area (Å²) in [7, 11) is 0. The topological polar surface area (TPSA) is 49.1 Å². The third kappa shape index (κ3) is 389. The van der Waals surface area contributed by atoms with Crippen molar-refractivity contribution in [3.63, 3.8) is 0 Å². The second-order valence-corrected chi connectivity index (χ2v) is 0.721. The molecule has 2 nitrogen and oxygen atoms in total. The first-order valence-electron chi connectivity index (χ1n) is 0.697. The van der Waals surface area contributed by atoms with E-state index in [1.807, 2.05) is 0 Å². The Bertz CT molecular complexity index is 34.6.